The van der Waals surface area contributed by atoms with Crippen LogP contribution in [0.15, 0.2) is 34.9 Å². The van der Waals surface area contributed by atoms with Gasteiger partial charge in [0.15, 0.2) is 10.7 Å². The number of hydrogen-bond acceptors (Lipinski definition) is 6. The molecule has 0 aromatic carbocycles. The first-order valence-corrected chi connectivity index (χ1v) is 12.6. The predicted molar refractivity (Wildman–Crippen MR) is 121 cm³/mol. The standard InChI is InChI=1S/C19H13ClF3N5OS3/c1-3-32(29)17-15-14(12(8-30-15)28-7-9(20)5-25-28)31-16(17)18-26-10-4-13(19(21,22)23)24-6-11(10)27(18)2/h4-8H,3H2,1-2H3. The summed E-state index contributed by atoms with van der Waals surface area (Å²) < 4.78 is 57.4. The van der Waals surface area contributed by atoms with E-state index in [0.29, 0.717) is 31.9 Å². The van der Waals surface area contributed by atoms with Crippen molar-refractivity contribution in [3.05, 3.63) is 40.8 Å². The van der Waals surface area contributed by atoms with Crippen molar-refractivity contribution in [3.63, 3.8) is 0 Å². The van der Waals surface area contributed by atoms with Gasteiger partial charge in [-0.3, -0.25) is 0 Å². The minimum atomic E-state index is -4.56. The summed E-state index contributed by atoms with van der Waals surface area (Å²) in [5.41, 5.74) is 0.422. The number of thiophene rings is 2. The maximum atomic E-state index is 13.1. The summed E-state index contributed by atoms with van der Waals surface area (Å²) in [4.78, 5) is 9.30. The molecule has 166 valence electrons. The Morgan fingerprint density at radius 1 is 1.25 bits per heavy atom. The third-order valence-electron chi connectivity index (χ3n) is 4.89. The molecule has 0 amide bonds. The number of nitrogens with zero attached hydrogens (tertiary/aromatic N) is 5. The van der Waals surface area contributed by atoms with Crippen LogP contribution >= 0.6 is 34.3 Å². The van der Waals surface area contributed by atoms with E-state index in [1.807, 2.05) is 12.3 Å². The number of imidazole rings is 1. The van der Waals surface area contributed by atoms with E-state index in [-0.39, 0.29) is 5.52 Å². The summed E-state index contributed by atoms with van der Waals surface area (Å²) in [5.74, 6) is 0.833. The number of fused-ring (bicyclic) bond motifs is 2. The van der Waals surface area contributed by atoms with Crippen molar-refractivity contribution in [1.82, 2.24) is 24.3 Å². The summed E-state index contributed by atoms with van der Waals surface area (Å²) in [7, 11) is 1.71. The van der Waals surface area contributed by atoms with Crippen molar-refractivity contribution in [2.24, 2.45) is 7.05 Å². The summed E-state index contributed by atoms with van der Waals surface area (Å²) in [6.45, 7) is 1.82. The van der Waals surface area contributed by atoms with Crippen LogP contribution in [-0.4, -0.2) is 34.6 Å². The molecular formula is C19H13ClF3N5OS3. The molecule has 5 aromatic heterocycles. The van der Waals surface area contributed by atoms with Crippen LogP contribution in [0.3, 0.4) is 0 Å². The van der Waals surface area contributed by atoms with E-state index in [2.05, 4.69) is 15.1 Å². The smallest absolute Gasteiger partial charge is 0.433 e. The van der Waals surface area contributed by atoms with Crippen molar-refractivity contribution >= 4 is 65.9 Å². The first kappa shape index (κ1) is 21.7. The second-order valence-corrected chi connectivity index (χ2v) is 10.8. The normalized spacial score (nSPS) is 13.5. The monoisotopic (exact) mass is 515 g/mol. The lowest BCUT2D eigenvalue weighted by Crippen LogP contribution is -2.07. The molecule has 0 spiro atoms. The van der Waals surface area contributed by atoms with E-state index in [9.17, 15) is 17.7 Å². The fourth-order valence-electron chi connectivity index (χ4n) is 3.38. The van der Waals surface area contributed by atoms with E-state index in [1.165, 1.54) is 28.9 Å². The lowest BCUT2D eigenvalue weighted by molar-refractivity contribution is -0.141. The van der Waals surface area contributed by atoms with Gasteiger partial charge in [0.1, 0.15) is 21.0 Å². The average Bonchev–Trinajstić information content (AvgIpc) is 3.49. The van der Waals surface area contributed by atoms with E-state index in [4.69, 9.17) is 11.6 Å². The van der Waals surface area contributed by atoms with Crippen molar-refractivity contribution in [3.8, 4) is 16.4 Å². The van der Waals surface area contributed by atoms with Crippen LogP contribution in [0.2, 0.25) is 5.02 Å². The van der Waals surface area contributed by atoms with Crippen LogP contribution in [0.4, 0.5) is 13.2 Å². The Morgan fingerprint density at radius 2 is 2.03 bits per heavy atom. The molecule has 0 aliphatic carbocycles. The summed E-state index contributed by atoms with van der Waals surface area (Å²) in [6, 6.07) is 0.933. The van der Waals surface area contributed by atoms with Gasteiger partial charge in [0.2, 0.25) is 0 Å². The molecule has 0 saturated carbocycles. The Hall–Kier alpha value is -2.12. The Balaban J connectivity index is 1.75. The zero-order chi connectivity index (χ0) is 22.8. The molecule has 0 radical (unpaired) electrons. The third kappa shape index (κ3) is 3.41. The zero-order valence-electron chi connectivity index (χ0n) is 16.5. The molecule has 0 saturated heterocycles. The number of rotatable bonds is 4. The van der Waals surface area contributed by atoms with Gasteiger partial charge in [0.05, 0.1) is 38.8 Å². The van der Waals surface area contributed by atoms with Crippen LogP contribution in [0, 0.1) is 0 Å². The fourth-order valence-corrected chi connectivity index (χ4v) is 7.71. The second-order valence-electron chi connectivity index (χ2n) is 6.83. The van der Waals surface area contributed by atoms with Gasteiger partial charge in [0, 0.05) is 18.6 Å². The van der Waals surface area contributed by atoms with Gasteiger partial charge in [0.25, 0.3) is 0 Å². The van der Waals surface area contributed by atoms with E-state index in [1.54, 1.807) is 22.5 Å². The Bertz CT molecular complexity index is 1470. The van der Waals surface area contributed by atoms with E-state index < -0.39 is 23.0 Å². The highest BCUT2D eigenvalue weighted by Crippen LogP contribution is 2.47. The maximum Gasteiger partial charge on any atom is 0.433 e. The molecule has 1 atom stereocenters. The number of hydrogen-bond donors (Lipinski definition) is 0. The topological polar surface area (TPSA) is 71.6 Å². The summed E-state index contributed by atoms with van der Waals surface area (Å²) in [5, 5.41) is 6.66. The van der Waals surface area contributed by atoms with Gasteiger partial charge >= 0.3 is 6.18 Å². The molecule has 0 fully saturated rings. The first-order valence-electron chi connectivity index (χ1n) is 9.22. The summed E-state index contributed by atoms with van der Waals surface area (Å²) in [6.07, 6.45) is -0.190. The lowest BCUT2D eigenvalue weighted by atomic mass is 10.3. The van der Waals surface area contributed by atoms with Crippen LogP contribution in [0.25, 0.3) is 36.8 Å². The molecule has 32 heavy (non-hydrogen) atoms. The van der Waals surface area contributed by atoms with Gasteiger partial charge in [-0.2, -0.15) is 18.3 Å². The van der Waals surface area contributed by atoms with Gasteiger partial charge in [-0.15, -0.1) is 22.7 Å². The van der Waals surface area contributed by atoms with Crippen LogP contribution in [0.5, 0.6) is 0 Å². The highest BCUT2D eigenvalue weighted by Gasteiger charge is 2.34. The molecule has 1 unspecified atom stereocenters. The minimum Gasteiger partial charge on any atom is -0.611 e. The molecule has 0 N–H and O–H groups in total. The van der Waals surface area contributed by atoms with Gasteiger partial charge in [-0.25, -0.2) is 14.6 Å². The molecule has 0 aliphatic heterocycles. The largest absolute Gasteiger partial charge is 0.611 e. The molecule has 0 aliphatic rings. The van der Waals surface area contributed by atoms with E-state index >= 15 is 0 Å². The Kier molecular flexibility index (Phi) is 5.25. The van der Waals surface area contributed by atoms with Crippen LogP contribution < -0.4 is 0 Å². The molecule has 6 nitrogen and oxygen atoms in total. The number of aromatic nitrogens is 5. The Labute approximate surface area is 195 Å². The van der Waals surface area contributed by atoms with Crippen molar-refractivity contribution < 1.29 is 17.7 Å². The van der Waals surface area contributed by atoms with Crippen molar-refractivity contribution in [2.45, 2.75) is 18.0 Å². The average molecular weight is 516 g/mol. The number of aryl methyl sites for hydroxylation is 1. The number of alkyl halides is 3. The van der Waals surface area contributed by atoms with Crippen molar-refractivity contribution in [1.29, 1.82) is 0 Å². The lowest BCUT2D eigenvalue weighted by Gasteiger charge is -2.09. The first-order chi connectivity index (χ1) is 15.2. The van der Waals surface area contributed by atoms with Gasteiger partial charge in [-0.05, 0) is 24.2 Å². The minimum absolute atomic E-state index is 0.175. The third-order valence-corrected chi connectivity index (χ3v) is 9.06. The summed E-state index contributed by atoms with van der Waals surface area (Å²) >= 11 is 7.53. The maximum absolute atomic E-state index is 13.1. The van der Waals surface area contributed by atoms with Crippen LogP contribution in [0.1, 0.15) is 12.6 Å². The van der Waals surface area contributed by atoms with Gasteiger partial charge in [-0.1, -0.05) is 11.6 Å². The van der Waals surface area contributed by atoms with Gasteiger partial charge < -0.3 is 9.12 Å². The number of pyridine rings is 1. The van der Waals surface area contributed by atoms with E-state index in [0.717, 1.165) is 27.4 Å². The molecule has 5 heterocycles. The SMILES string of the molecule is CC[S+]([O-])c1c(-c2nc3cc(C(F)(F)F)ncc3n2C)sc2c(-n3cc(Cl)cn3)csc12. The highest BCUT2D eigenvalue weighted by atomic mass is 35.5. The number of halogens is 4. The molecule has 13 heteroatoms. The Morgan fingerprint density at radius 3 is 2.69 bits per heavy atom. The fraction of sp³-hybridized carbons (Fsp3) is 0.211. The molecule has 0 bridgehead atoms. The molecule has 5 rings (SSSR count). The van der Waals surface area contributed by atoms with Crippen molar-refractivity contribution in [2.75, 3.05) is 5.75 Å². The highest BCUT2D eigenvalue weighted by molar-refractivity contribution is 7.92. The van der Waals surface area contributed by atoms with Crippen LogP contribution in [-0.2, 0) is 24.4 Å². The second kappa shape index (κ2) is 7.73. The molecule has 5 aromatic rings. The predicted octanol–water partition coefficient (Wildman–Crippen LogP) is 5.90. The quantitative estimate of drug-likeness (QED) is 0.279. The molecular weight excluding hydrogens is 503 g/mol. The zero-order valence-corrected chi connectivity index (χ0v) is 19.7.